The summed E-state index contributed by atoms with van der Waals surface area (Å²) < 4.78 is 7.36. The highest BCUT2D eigenvalue weighted by atomic mass is 16.5. The second kappa shape index (κ2) is 10.9. The number of nitrogens with zero attached hydrogens (tertiary/aromatic N) is 5. The van der Waals surface area contributed by atoms with Crippen LogP contribution in [0.25, 0.3) is 5.65 Å². The average Bonchev–Trinajstić information content (AvgIpc) is 3.27. The van der Waals surface area contributed by atoms with Crippen molar-refractivity contribution in [3.05, 3.63) is 60.0 Å². The van der Waals surface area contributed by atoms with Gasteiger partial charge in [-0.15, -0.1) is 10.2 Å². The topological polar surface area (TPSA) is 79.1 Å². The van der Waals surface area contributed by atoms with Crippen molar-refractivity contribution in [3.8, 4) is 5.75 Å². The van der Waals surface area contributed by atoms with Gasteiger partial charge in [0.1, 0.15) is 11.6 Å². The summed E-state index contributed by atoms with van der Waals surface area (Å²) in [4.78, 5) is 7.00. The SMILES string of the molecule is CN=C(NCCc1nnc2ccccn12)NCC(c1ccc(OC)cc1)N1CCCCC1. The molecule has 0 aliphatic carbocycles. The summed E-state index contributed by atoms with van der Waals surface area (Å²) in [5.74, 6) is 2.62. The minimum atomic E-state index is 0.292. The third-order valence-electron chi connectivity index (χ3n) is 6.04. The Morgan fingerprint density at radius 3 is 2.62 bits per heavy atom. The maximum Gasteiger partial charge on any atom is 0.191 e. The summed E-state index contributed by atoms with van der Waals surface area (Å²) >= 11 is 0. The molecule has 1 atom stereocenters. The maximum atomic E-state index is 5.34. The van der Waals surface area contributed by atoms with Gasteiger partial charge < -0.3 is 15.4 Å². The van der Waals surface area contributed by atoms with E-state index in [-0.39, 0.29) is 0 Å². The maximum absolute atomic E-state index is 5.34. The van der Waals surface area contributed by atoms with Crippen LogP contribution in [-0.2, 0) is 6.42 Å². The summed E-state index contributed by atoms with van der Waals surface area (Å²) in [7, 11) is 3.52. The number of fused-ring (bicyclic) bond motifs is 1. The number of ether oxygens (including phenoxy) is 1. The van der Waals surface area contributed by atoms with Crippen LogP contribution in [0.1, 0.15) is 36.7 Å². The molecular weight excluding hydrogens is 402 g/mol. The molecule has 3 heterocycles. The highest BCUT2D eigenvalue weighted by Crippen LogP contribution is 2.25. The predicted molar refractivity (Wildman–Crippen MR) is 127 cm³/mol. The molecule has 1 aromatic carbocycles. The van der Waals surface area contributed by atoms with Gasteiger partial charge in [-0.25, -0.2) is 0 Å². The van der Waals surface area contributed by atoms with E-state index in [1.54, 1.807) is 7.11 Å². The predicted octanol–water partition coefficient (Wildman–Crippen LogP) is 2.67. The molecule has 2 aromatic heterocycles. The molecule has 3 aromatic rings. The molecule has 1 aliphatic heterocycles. The zero-order valence-electron chi connectivity index (χ0n) is 19.0. The number of pyridine rings is 1. The Hall–Kier alpha value is -3.13. The van der Waals surface area contributed by atoms with Gasteiger partial charge in [0.2, 0.25) is 0 Å². The quantitative estimate of drug-likeness (QED) is 0.418. The van der Waals surface area contributed by atoms with Gasteiger partial charge in [0, 0.05) is 32.8 Å². The van der Waals surface area contributed by atoms with Crippen LogP contribution in [0.15, 0.2) is 53.7 Å². The molecule has 1 aliphatic rings. The van der Waals surface area contributed by atoms with Gasteiger partial charge in [0.25, 0.3) is 0 Å². The van der Waals surface area contributed by atoms with Crippen LogP contribution in [0.3, 0.4) is 0 Å². The molecule has 1 fully saturated rings. The van der Waals surface area contributed by atoms with Gasteiger partial charge in [0.05, 0.1) is 13.2 Å². The number of hydrogen-bond donors (Lipinski definition) is 2. The fraction of sp³-hybridized carbons (Fsp3) is 0.458. The van der Waals surface area contributed by atoms with Crippen molar-refractivity contribution in [2.75, 3.05) is 40.3 Å². The van der Waals surface area contributed by atoms with Crippen molar-refractivity contribution >= 4 is 11.6 Å². The van der Waals surface area contributed by atoms with E-state index in [1.807, 2.05) is 48.0 Å². The van der Waals surface area contributed by atoms with E-state index in [1.165, 1.54) is 24.8 Å². The Kier molecular flexibility index (Phi) is 7.55. The van der Waals surface area contributed by atoms with E-state index in [0.717, 1.165) is 55.8 Å². The van der Waals surface area contributed by atoms with E-state index in [0.29, 0.717) is 6.04 Å². The van der Waals surface area contributed by atoms with Crippen LogP contribution >= 0.6 is 0 Å². The van der Waals surface area contributed by atoms with E-state index in [4.69, 9.17) is 4.74 Å². The molecule has 4 rings (SSSR count). The first-order chi connectivity index (χ1) is 15.8. The molecule has 8 heteroatoms. The van der Waals surface area contributed by atoms with Crippen molar-refractivity contribution in [1.82, 2.24) is 30.1 Å². The lowest BCUT2D eigenvalue weighted by atomic mass is 10.0. The molecule has 8 nitrogen and oxygen atoms in total. The van der Waals surface area contributed by atoms with Crippen molar-refractivity contribution in [2.45, 2.75) is 31.7 Å². The molecule has 1 unspecified atom stereocenters. The normalized spacial score (nSPS) is 16.1. The number of methoxy groups -OCH3 is 1. The Labute approximate surface area is 189 Å². The zero-order valence-corrected chi connectivity index (χ0v) is 19.0. The molecule has 1 saturated heterocycles. The molecular formula is C24H33N7O. The first-order valence-electron chi connectivity index (χ1n) is 11.4. The van der Waals surface area contributed by atoms with Crippen molar-refractivity contribution in [1.29, 1.82) is 0 Å². The molecule has 32 heavy (non-hydrogen) atoms. The number of aliphatic imine (C=N–C) groups is 1. The summed E-state index contributed by atoms with van der Waals surface area (Å²) in [5, 5.41) is 15.5. The number of aromatic nitrogens is 3. The Bertz CT molecular complexity index is 1010. The van der Waals surface area contributed by atoms with Gasteiger partial charge in [-0.2, -0.15) is 0 Å². The number of benzene rings is 1. The van der Waals surface area contributed by atoms with Gasteiger partial charge in [-0.3, -0.25) is 14.3 Å². The minimum Gasteiger partial charge on any atom is -0.497 e. The molecule has 170 valence electrons. The van der Waals surface area contributed by atoms with Gasteiger partial charge in [-0.1, -0.05) is 24.6 Å². The number of rotatable bonds is 8. The Balaban J connectivity index is 1.35. The highest BCUT2D eigenvalue weighted by Gasteiger charge is 2.22. The molecule has 0 radical (unpaired) electrons. The average molecular weight is 436 g/mol. The summed E-state index contributed by atoms with van der Waals surface area (Å²) in [6.07, 6.45) is 6.59. The van der Waals surface area contributed by atoms with Crippen LogP contribution in [0.4, 0.5) is 0 Å². The second-order valence-corrected chi connectivity index (χ2v) is 8.06. The van der Waals surface area contributed by atoms with Crippen LogP contribution in [0, 0.1) is 0 Å². The Morgan fingerprint density at radius 1 is 1.06 bits per heavy atom. The van der Waals surface area contributed by atoms with Gasteiger partial charge in [-0.05, 0) is 55.8 Å². The second-order valence-electron chi connectivity index (χ2n) is 8.06. The monoisotopic (exact) mass is 435 g/mol. The highest BCUT2D eigenvalue weighted by molar-refractivity contribution is 5.79. The molecule has 2 N–H and O–H groups in total. The Morgan fingerprint density at radius 2 is 1.88 bits per heavy atom. The van der Waals surface area contributed by atoms with E-state index in [9.17, 15) is 0 Å². The van der Waals surface area contributed by atoms with Gasteiger partial charge in [0.15, 0.2) is 11.6 Å². The van der Waals surface area contributed by atoms with Crippen LogP contribution in [0.5, 0.6) is 5.75 Å². The molecule has 0 bridgehead atoms. The van der Waals surface area contributed by atoms with E-state index >= 15 is 0 Å². The van der Waals surface area contributed by atoms with E-state index in [2.05, 4.69) is 42.9 Å². The lowest BCUT2D eigenvalue weighted by molar-refractivity contribution is 0.164. The lowest BCUT2D eigenvalue weighted by Gasteiger charge is -2.35. The summed E-state index contributed by atoms with van der Waals surface area (Å²) in [5.41, 5.74) is 2.17. The number of hydrogen-bond acceptors (Lipinski definition) is 5. The summed E-state index contributed by atoms with van der Waals surface area (Å²) in [6, 6.07) is 14.7. The number of guanidine groups is 1. The molecule has 0 spiro atoms. The standard InChI is InChI=1S/C24H33N7O/c1-25-24(26-14-13-23-29-28-22-8-4-7-17-31(22)23)27-18-21(30-15-5-3-6-16-30)19-9-11-20(32-2)12-10-19/h4,7-12,17,21H,3,5-6,13-16,18H2,1-2H3,(H2,25,26,27). The fourth-order valence-corrected chi connectivity index (χ4v) is 4.28. The van der Waals surface area contributed by atoms with Crippen molar-refractivity contribution in [3.63, 3.8) is 0 Å². The first-order valence-corrected chi connectivity index (χ1v) is 11.4. The van der Waals surface area contributed by atoms with E-state index < -0.39 is 0 Å². The van der Waals surface area contributed by atoms with Crippen LogP contribution in [0.2, 0.25) is 0 Å². The third kappa shape index (κ3) is 5.37. The van der Waals surface area contributed by atoms with Gasteiger partial charge >= 0.3 is 0 Å². The summed E-state index contributed by atoms with van der Waals surface area (Å²) in [6.45, 7) is 3.78. The third-order valence-corrected chi connectivity index (χ3v) is 6.04. The fourth-order valence-electron chi connectivity index (χ4n) is 4.28. The first kappa shape index (κ1) is 22.1. The smallest absolute Gasteiger partial charge is 0.191 e. The van der Waals surface area contributed by atoms with Crippen LogP contribution in [-0.4, -0.2) is 65.8 Å². The lowest BCUT2D eigenvalue weighted by Crippen LogP contribution is -2.44. The number of nitrogens with one attached hydrogen (secondary N) is 2. The molecule has 0 amide bonds. The van der Waals surface area contributed by atoms with Crippen LogP contribution < -0.4 is 15.4 Å². The molecule has 0 saturated carbocycles. The van der Waals surface area contributed by atoms with Crippen molar-refractivity contribution in [2.24, 2.45) is 4.99 Å². The zero-order chi connectivity index (χ0) is 22.2. The number of piperidine rings is 1. The largest absolute Gasteiger partial charge is 0.497 e. The van der Waals surface area contributed by atoms with Crippen molar-refractivity contribution < 1.29 is 4.74 Å². The minimum absolute atomic E-state index is 0.292. The number of likely N-dealkylation sites (tertiary alicyclic amines) is 1.